The van der Waals surface area contributed by atoms with Crippen LogP contribution in [-0.4, -0.2) is 25.8 Å². The lowest BCUT2D eigenvalue weighted by atomic mass is 10.1. The third-order valence-corrected chi connectivity index (χ3v) is 2.25. The van der Waals surface area contributed by atoms with Crippen LogP contribution >= 0.6 is 10.7 Å². The molecule has 0 fully saturated rings. The lowest BCUT2D eigenvalue weighted by Gasteiger charge is -2.13. The van der Waals surface area contributed by atoms with Crippen molar-refractivity contribution in [2.24, 2.45) is 4.99 Å². The molecule has 0 rings (SSSR count). The molecule has 0 aromatic heterocycles. The second-order valence-electron chi connectivity index (χ2n) is 2.70. The first-order valence-corrected chi connectivity index (χ1v) is 5.26. The maximum Gasteiger partial charge on any atom is 0.235 e. The smallest absolute Gasteiger partial charge is 0.212 e. The van der Waals surface area contributed by atoms with Gasteiger partial charge >= 0.3 is 0 Å². The summed E-state index contributed by atoms with van der Waals surface area (Å²) in [5, 5.41) is 0. The molecule has 11 heavy (non-hydrogen) atoms. The highest BCUT2D eigenvalue weighted by atomic mass is 35.7. The van der Waals surface area contributed by atoms with E-state index in [0.29, 0.717) is 0 Å². The zero-order chi connectivity index (χ0) is 9.12. The molecule has 0 spiro atoms. The normalized spacial score (nSPS) is 12.3. The Morgan fingerprint density at radius 3 is 2.27 bits per heavy atom. The Balaban J connectivity index is 4.49. The second kappa shape index (κ2) is 3.34. The van der Waals surface area contributed by atoms with Gasteiger partial charge in [0.25, 0.3) is 0 Å². The average Bonchev–Trinajstić information content (AvgIpc) is 1.55. The number of isocyanates is 1. The highest BCUT2D eigenvalue weighted by Crippen LogP contribution is 2.13. The van der Waals surface area contributed by atoms with Gasteiger partial charge in [-0.05, 0) is 13.8 Å². The predicted octanol–water partition coefficient (Wildman–Crippen LogP) is 0.669. The summed E-state index contributed by atoms with van der Waals surface area (Å²) in [7, 11) is 1.33. The van der Waals surface area contributed by atoms with Gasteiger partial charge in [-0.25, -0.2) is 13.2 Å². The minimum atomic E-state index is -3.60. The van der Waals surface area contributed by atoms with Crippen LogP contribution in [0.5, 0.6) is 0 Å². The van der Waals surface area contributed by atoms with E-state index in [2.05, 4.69) is 4.99 Å². The Kier molecular flexibility index (Phi) is 3.23. The van der Waals surface area contributed by atoms with Crippen molar-refractivity contribution in [1.82, 2.24) is 0 Å². The fraction of sp³-hybridized carbons (Fsp3) is 0.800. The summed E-state index contributed by atoms with van der Waals surface area (Å²) in [4.78, 5) is 13.0. The molecule has 0 bridgehead atoms. The summed E-state index contributed by atoms with van der Waals surface area (Å²) in [5.41, 5.74) is -0.984. The Morgan fingerprint density at radius 1 is 1.55 bits per heavy atom. The maximum absolute atomic E-state index is 10.5. The monoisotopic (exact) mass is 197 g/mol. The highest BCUT2D eigenvalue weighted by molar-refractivity contribution is 8.13. The van der Waals surface area contributed by atoms with Crippen LogP contribution < -0.4 is 0 Å². The molecule has 0 saturated carbocycles. The lowest BCUT2D eigenvalue weighted by molar-refractivity contribution is 0.529. The Labute approximate surface area is 69.7 Å². The van der Waals surface area contributed by atoms with E-state index in [1.165, 1.54) is 19.9 Å². The fourth-order valence-electron chi connectivity index (χ4n) is 0.578. The number of carbonyl (C=O) groups excluding carboxylic acids is 1. The van der Waals surface area contributed by atoms with Crippen LogP contribution in [-0.2, 0) is 13.8 Å². The molecule has 0 aliphatic carbocycles. The van der Waals surface area contributed by atoms with Crippen molar-refractivity contribution in [2.75, 3.05) is 5.75 Å². The maximum atomic E-state index is 10.5. The van der Waals surface area contributed by atoms with Crippen LogP contribution in [0.15, 0.2) is 4.99 Å². The van der Waals surface area contributed by atoms with Crippen molar-refractivity contribution in [3.63, 3.8) is 0 Å². The van der Waals surface area contributed by atoms with Gasteiger partial charge < -0.3 is 0 Å². The van der Waals surface area contributed by atoms with Gasteiger partial charge in [0.2, 0.25) is 15.1 Å². The first kappa shape index (κ1) is 10.6. The molecule has 0 atom stereocenters. The summed E-state index contributed by atoms with van der Waals surface area (Å²) >= 11 is 0. The van der Waals surface area contributed by atoms with Crippen LogP contribution in [0.25, 0.3) is 0 Å². The summed E-state index contributed by atoms with van der Waals surface area (Å²) in [6.07, 6.45) is 1.28. The van der Waals surface area contributed by atoms with E-state index in [4.69, 9.17) is 10.7 Å². The van der Waals surface area contributed by atoms with Gasteiger partial charge in [0.05, 0.1) is 11.3 Å². The number of hydrogen-bond acceptors (Lipinski definition) is 4. The molecule has 6 heteroatoms. The van der Waals surface area contributed by atoms with Gasteiger partial charge in [-0.15, -0.1) is 0 Å². The molecule has 64 valence electrons. The summed E-state index contributed by atoms with van der Waals surface area (Å²) in [6.45, 7) is 2.97. The molecular formula is C5H8ClNO3S. The Morgan fingerprint density at radius 2 is 2.00 bits per heavy atom. The predicted molar refractivity (Wildman–Crippen MR) is 41.8 cm³/mol. The van der Waals surface area contributed by atoms with Gasteiger partial charge in [0, 0.05) is 10.7 Å². The van der Waals surface area contributed by atoms with Crippen LogP contribution in [0.1, 0.15) is 13.8 Å². The van der Waals surface area contributed by atoms with Crippen molar-refractivity contribution in [3.05, 3.63) is 0 Å². The number of nitrogens with zero attached hydrogens (tertiary/aromatic N) is 1. The molecule has 0 amide bonds. The topological polar surface area (TPSA) is 63.6 Å². The van der Waals surface area contributed by atoms with Crippen molar-refractivity contribution in [3.8, 4) is 0 Å². The van der Waals surface area contributed by atoms with Gasteiger partial charge in [0.15, 0.2) is 0 Å². The van der Waals surface area contributed by atoms with Crippen molar-refractivity contribution in [1.29, 1.82) is 0 Å². The largest absolute Gasteiger partial charge is 0.235 e. The number of rotatable bonds is 3. The number of aliphatic imine (C=N–C) groups is 1. The molecule has 0 aromatic rings. The molecule has 0 N–H and O–H groups in total. The Hall–Kier alpha value is -0.380. The van der Waals surface area contributed by atoms with E-state index in [1.807, 2.05) is 0 Å². The summed E-state index contributed by atoms with van der Waals surface area (Å²) in [6, 6.07) is 0. The molecule has 0 radical (unpaired) electrons. The lowest BCUT2D eigenvalue weighted by Crippen LogP contribution is -2.25. The summed E-state index contributed by atoms with van der Waals surface area (Å²) in [5.74, 6) is -0.364. The van der Waals surface area contributed by atoms with Crippen molar-refractivity contribution in [2.45, 2.75) is 19.4 Å². The fourth-order valence-corrected chi connectivity index (χ4v) is 2.29. The third kappa shape index (κ3) is 6.04. The molecule has 0 aliphatic rings. The second-order valence-corrected chi connectivity index (χ2v) is 5.48. The first-order valence-electron chi connectivity index (χ1n) is 2.78. The van der Waals surface area contributed by atoms with Gasteiger partial charge in [0.1, 0.15) is 0 Å². The van der Waals surface area contributed by atoms with E-state index in [1.54, 1.807) is 0 Å². The first-order chi connectivity index (χ1) is 4.77. The van der Waals surface area contributed by atoms with Crippen molar-refractivity contribution >= 4 is 25.8 Å². The van der Waals surface area contributed by atoms with E-state index in [-0.39, 0.29) is 5.75 Å². The highest BCUT2D eigenvalue weighted by Gasteiger charge is 2.23. The minimum Gasteiger partial charge on any atom is -0.212 e. The molecule has 0 heterocycles. The number of halogens is 1. The molecule has 0 unspecified atom stereocenters. The van der Waals surface area contributed by atoms with E-state index >= 15 is 0 Å². The zero-order valence-electron chi connectivity index (χ0n) is 6.17. The summed E-state index contributed by atoms with van der Waals surface area (Å²) < 4.78 is 21.0. The van der Waals surface area contributed by atoms with Crippen LogP contribution in [0.2, 0.25) is 0 Å². The minimum absolute atomic E-state index is 0.364. The zero-order valence-corrected chi connectivity index (χ0v) is 7.74. The quantitative estimate of drug-likeness (QED) is 0.380. The van der Waals surface area contributed by atoms with Crippen molar-refractivity contribution < 1.29 is 13.2 Å². The molecule has 0 aliphatic heterocycles. The van der Waals surface area contributed by atoms with E-state index < -0.39 is 14.6 Å². The number of hydrogen-bond donors (Lipinski definition) is 0. The van der Waals surface area contributed by atoms with Gasteiger partial charge in [-0.3, -0.25) is 0 Å². The van der Waals surface area contributed by atoms with Gasteiger partial charge in [-0.2, -0.15) is 4.99 Å². The molecule has 0 saturated heterocycles. The van der Waals surface area contributed by atoms with Gasteiger partial charge in [-0.1, -0.05) is 0 Å². The average molecular weight is 198 g/mol. The molecule has 0 aromatic carbocycles. The standard InChI is InChI=1S/C5H8ClNO3S/c1-5(2,7-4-8)3-11(6,9)10/h3H2,1-2H3. The van der Waals surface area contributed by atoms with E-state index in [0.717, 1.165) is 0 Å². The van der Waals surface area contributed by atoms with Crippen LogP contribution in [0, 0.1) is 0 Å². The van der Waals surface area contributed by atoms with Crippen LogP contribution in [0.3, 0.4) is 0 Å². The van der Waals surface area contributed by atoms with Crippen LogP contribution in [0.4, 0.5) is 0 Å². The Bertz CT molecular complexity index is 276. The SMILES string of the molecule is CC(C)(CS(=O)(=O)Cl)N=C=O. The molecule has 4 nitrogen and oxygen atoms in total. The third-order valence-electron chi connectivity index (χ3n) is 0.874. The van der Waals surface area contributed by atoms with E-state index in [9.17, 15) is 13.2 Å². The molecular weight excluding hydrogens is 190 g/mol.